The third-order valence-corrected chi connectivity index (χ3v) is 5.31. The number of carbonyl (C=O) groups is 1. The van der Waals surface area contributed by atoms with Gasteiger partial charge in [0.05, 0.1) is 5.69 Å². The van der Waals surface area contributed by atoms with Gasteiger partial charge in [0.2, 0.25) is 5.91 Å². The molecule has 1 amide bonds. The molecule has 1 aliphatic heterocycles. The van der Waals surface area contributed by atoms with Crippen LogP contribution in [0.1, 0.15) is 38.4 Å². The molecular formula is C22H24N6O. The van der Waals surface area contributed by atoms with Crippen LogP contribution in [0.25, 0.3) is 11.3 Å². The van der Waals surface area contributed by atoms with E-state index in [-0.39, 0.29) is 17.9 Å². The van der Waals surface area contributed by atoms with Crippen LogP contribution in [0, 0.1) is 0 Å². The maximum Gasteiger partial charge on any atom is 0.219 e. The number of likely N-dealkylation sites (tertiary alicyclic amines) is 1. The molecule has 1 saturated heterocycles. The molecule has 1 fully saturated rings. The summed E-state index contributed by atoms with van der Waals surface area (Å²) in [6, 6.07) is 9.85. The number of rotatable bonds is 4. The first-order valence-electron chi connectivity index (χ1n) is 9.84. The van der Waals surface area contributed by atoms with E-state index < -0.39 is 0 Å². The summed E-state index contributed by atoms with van der Waals surface area (Å²) in [7, 11) is 0. The largest absolute Gasteiger partial charge is 0.340 e. The molecule has 3 aromatic heterocycles. The van der Waals surface area contributed by atoms with Crippen molar-refractivity contribution in [1.29, 1.82) is 0 Å². The monoisotopic (exact) mass is 388 g/mol. The Bertz CT molecular complexity index is 979. The fourth-order valence-electron chi connectivity index (χ4n) is 3.71. The minimum atomic E-state index is 0.0979. The molecule has 0 unspecified atom stereocenters. The van der Waals surface area contributed by atoms with Gasteiger partial charge in [-0.3, -0.25) is 14.8 Å². The minimum absolute atomic E-state index is 0.0979. The molecule has 1 aliphatic rings. The highest BCUT2D eigenvalue weighted by Gasteiger charge is 2.30. The highest BCUT2D eigenvalue weighted by molar-refractivity contribution is 5.73. The Hall–Kier alpha value is -3.35. The van der Waals surface area contributed by atoms with Gasteiger partial charge in [0.1, 0.15) is 11.6 Å². The number of amides is 1. The Morgan fingerprint density at radius 2 is 1.93 bits per heavy atom. The third kappa shape index (κ3) is 4.39. The zero-order valence-corrected chi connectivity index (χ0v) is 16.6. The zero-order valence-electron chi connectivity index (χ0n) is 16.6. The van der Waals surface area contributed by atoms with E-state index in [9.17, 15) is 4.79 Å². The van der Waals surface area contributed by atoms with Gasteiger partial charge in [-0.1, -0.05) is 0 Å². The molecule has 2 atom stereocenters. The van der Waals surface area contributed by atoms with Crippen molar-refractivity contribution in [2.75, 3.05) is 11.9 Å². The van der Waals surface area contributed by atoms with Crippen LogP contribution in [0.5, 0.6) is 0 Å². The minimum Gasteiger partial charge on any atom is -0.340 e. The van der Waals surface area contributed by atoms with E-state index in [1.54, 1.807) is 31.7 Å². The van der Waals surface area contributed by atoms with Crippen LogP contribution in [-0.2, 0) is 4.79 Å². The van der Waals surface area contributed by atoms with Crippen molar-refractivity contribution in [2.24, 2.45) is 0 Å². The van der Waals surface area contributed by atoms with Crippen molar-refractivity contribution in [3.8, 4) is 11.3 Å². The van der Waals surface area contributed by atoms with E-state index in [0.29, 0.717) is 12.4 Å². The molecule has 0 saturated carbocycles. The van der Waals surface area contributed by atoms with E-state index in [0.717, 1.165) is 35.6 Å². The van der Waals surface area contributed by atoms with E-state index in [2.05, 4.69) is 22.2 Å². The van der Waals surface area contributed by atoms with E-state index in [4.69, 9.17) is 9.97 Å². The van der Waals surface area contributed by atoms with Crippen molar-refractivity contribution in [1.82, 2.24) is 24.8 Å². The third-order valence-electron chi connectivity index (χ3n) is 5.31. The van der Waals surface area contributed by atoms with Crippen LogP contribution in [0.3, 0.4) is 0 Å². The van der Waals surface area contributed by atoms with Crippen LogP contribution in [0.4, 0.5) is 11.5 Å². The first kappa shape index (κ1) is 19.0. The lowest BCUT2D eigenvalue weighted by atomic mass is 9.92. The normalized spacial score (nSPS) is 19.0. The number of piperidine rings is 1. The summed E-state index contributed by atoms with van der Waals surface area (Å²) < 4.78 is 0. The summed E-state index contributed by atoms with van der Waals surface area (Å²) in [4.78, 5) is 31.9. The van der Waals surface area contributed by atoms with E-state index >= 15 is 0 Å². The van der Waals surface area contributed by atoms with Crippen molar-refractivity contribution in [2.45, 2.75) is 38.6 Å². The molecule has 148 valence electrons. The Labute approximate surface area is 170 Å². The fraction of sp³-hybridized carbons (Fsp3) is 0.318. The molecule has 1 N–H and O–H groups in total. The topological polar surface area (TPSA) is 83.9 Å². The maximum atomic E-state index is 12.0. The SMILES string of the molecule is CC(=O)N1C[C@H](c2nc(Nc3ccncc3)cc(-c3cccnc3)n2)CC[C@@H]1C. The molecule has 0 aliphatic carbocycles. The smallest absolute Gasteiger partial charge is 0.219 e. The fourth-order valence-corrected chi connectivity index (χ4v) is 3.71. The number of aromatic nitrogens is 4. The molecule has 3 aromatic rings. The number of nitrogens with one attached hydrogen (secondary N) is 1. The number of anilines is 2. The van der Waals surface area contributed by atoms with Gasteiger partial charge in [0, 0.05) is 67.5 Å². The van der Waals surface area contributed by atoms with Crippen molar-refractivity contribution < 1.29 is 4.79 Å². The lowest BCUT2D eigenvalue weighted by molar-refractivity contribution is -0.132. The second-order valence-corrected chi connectivity index (χ2v) is 7.39. The molecule has 0 aromatic carbocycles. The number of hydrogen-bond acceptors (Lipinski definition) is 6. The molecule has 7 nitrogen and oxygen atoms in total. The summed E-state index contributed by atoms with van der Waals surface area (Å²) in [5, 5.41) is 3.34. The van der Waals surface area contributed by atoms with E-state index in [1.165, 1.54) is 0 Å². The summed E-state index contributed by atoms with van der Waals surface area (Å²) in [5.74, 6) is 1.67. The number of hydrogen-bond donors (Lipinski definition) is 1. The number of pyridine rings is 2. The van der Waals surface area contributed by atoms with Crippen LogP contribution in [0.2, 0.25) is 0 Å². The molecule has 0 spiro atoms. The molecule has 4 rings (SSSR count). The Morgan fingerprint density at radius 1 is 1.10 bits per heavy atom. The van der Waals surface area contributed by atoms with Gasteiger partial charge in [-0.2, -0.15) is 0 Å². The van der Waals surface area contributed by atoms with Gasteiger partial charge >= 0.3 is 0 Å². The van der Waals surface area contributed by atoms with E-state index in [1.807, 2.05) is 35.2 Å². The standard InChI is InChI=1S/C22H24N6O/c1-15-5-6-18(14-28(15)16(2)29)22-26-20(17-4-3-9-24-13-17)12-21(27-22)25-19-7-10-23-11-8-19/h3-4,7-13,15,18H,5-6,14H2,1-2H3,(H,23,25,26,27)/t15-,18+/m0/s1. The molecule has 29 heavy (non-hydrogen) atoms. The van der Waals surface area contributed by atoms with Gasteiger partial charge in [-0.05, 0) is 44.0 Å². The maximum absolute atomic E-state index is 12.0. The highest BCUT2D eigenvalue weighted by atomic mass is 16.2. The van der Waals surface area contributed by atoms with Gasteiger partial charge < -0.3 is 10.2 Å². The van der Waals surface area contributed by atoms with Crippen LogP contribution in [-0.4, -0.2) is 43.3 Å². The first-order chi connectivity index (χ1) is 14.1. The first-order valence-corrected chi connectivity index (χ1v) is 9.84. The number of nitrogens with zero attached hydrogens (tertiary/aromatic N) is 5. The Balaban J connectivity index is 1.70. The van der Waals surface area contributed by atoms with Crippen molar-refractivity contribution in [3.63, 3.8) is 0 Å². The second-order valence-electron chi connectivity index (χ2n) is 7.39. The van der Waals surface area contributed by atoms with Crippen molar-refractivity contribution >= 4 is 17.4 Å². The lowest BCUT2D eigenvalue weighted by Gasteiger charge is -2.37. The quantitative estimate of drug-likeness (QED) is 0.732. The molecular weight excluding hydrogens is 364 g/mol. The van der Waals surface area contributed by atoms with Crippen LogP contribution in [0.15, 0.2) is 55.1 Å². The zero-order chi connectivity index (χ0) is 20.2. The van der Waals surface area contributed by atoms with Crippen LogP contribution < -0.4 is 5.32 Å². The molecule has 0 bridgehead atoms. The highest BCUT2D eigenvalue weighted by Crippen LogP contribution is 2.31. The molecule has 0 radical (unpaired) electrons. The molecule has 7 heteroatoms. The van der Waals surface area contributed by atoms with Gasteiger partial charge in [-0.15, -0.1) is 0 Å². The predicted molar refractivity (Wildman–Crippen MR) is 112 cm³/mol. The second kappa shape index (κ2) is 8.34. The van der Waals surface area contributed by atoms with Gasteiger partial charge in [0.25, 0.3) is 0 Å². The summed E-state index contributed by atoms with van der Waals surface area (Å²) in [5.41, 5.74) is 2.65. The predicted octanol–water partition coefficient (Wildman–Crippen LogP) is 3.79. The van der Waals surface area contributed by atoms with Crippen LogP contribution >= 0.6 is 0 Å². The summed E-state index contributed by atoms with van der Waals surface area (Å²) in [6.45, 7) is 4.37. The van der Waals surface area contributed by atoms with Gasteiger partial charge in [0.15, 0.2) is 0 Å². The molecule has 4 heterocycles. The Kier molecular flexibility index (Phi) is 5.46. The summed E-state index contributed by atoms with van der Waals surface area (Å²) >= 11 is 0. The summed E-state index contributed by atoms with van der Waals surface area (Å²) in [6.07, 6.45) is 8.91. The lowest BCUT2D eigenvalue weighted by Crippen LogP contribution is -2.44. The Morgan fingerprint density at radius 3 is 2.66 bits per heavy atom. The number of carbonyl (C=O) groups excluding carboxylic acids is 1. The van der Waals surface area contributed by atoms with Gasteiger partial charge in [-0.25, -0.2) is 9.97 Å². The van der Waals surface area contributed by atoms with Crippen molar-refractivity contribution in [3.05, 3.63) is 60.9 Å². The average Bonchev–Trinajstić information content (AvgIpc) is 2.75. The average molecular weight is 388 g/mol.